The zero-order chi connectivity index (χ0) is 24.9. The molecule has 6 heterocycles. The fourth-order valence-electron chi connectivity index (χ4n) is 5.97. The average molecular weight is 496 g/mol. The van der Waals surface area contributed by atoms with Gasteiger partial charge in [0.05, 0.1) is 0 Å². The van der Waals surface area contributed by atoms with E-state index in [1.165, 1.54) is 24.7 Å². The Morgan fingerprint density at radius 2 is 1.76 bits per heavy atom. The van der Waals surface area contributed by atoms with Gasteiger partial charge >= 0.3 is 0 Å². The first-order valence-electron chi connectivity index (χ1n) is 12.8. The summed E-state index contributed by atoms with van der Waals surface area (Å²) in [5.41, 5.74) is 11.2. The molecule has 2 aliphatic rings. The molecule has 0 radical (unpaired) electrons. The summed E-state index contributed by atoms with van der Waals surface area (Å²) in [5, 5.41) is 12.1. The molecule has 5 aromatic rings. The van der Waals surface area contributed by atoms with Crippen LogP contribution in [0.2, 0.25) is 0 Å². The molecular weight excluding hydrogens is 466 g/mol. The maximum Gasteiger partial charge on any atom is 0.158 e. The highest BCUT2D eigenvalue weighted by Crippen LogP contribution is 2.37. The first-order valence-corrected chi connectivity index (χ1v) is 12.8. The van der Waals surface area contributed by atoms with Crippen molar-refractivity contribution in [3.05, 3.63) is 72.6 Å². The molecule has 10 nitrogen and oxygen atoms in total. The van der Waals surface area contributed by atoms with Crippen LogP contribution in [0.25, 0.3) is 11.2 Å². The van der Waals surface area contributed by atoms with Crippen LogP contribution >= 0.6 is 0 Å². The van der Waals surface area contributed by atoms with Gasteiger partial charge in [-0.3, -0.25) is 4.90 Å². The van der Waals surface area contributed by atoms with E-state index in [4.69, 9.17) is 10.5 Å². The maximum absolute atomic E-state index is 6.30. The van der Waals surface area contributed by atoms with Gasteiger partial charge in [0.1, 0.15) is 29.7 Å². The minimum Gasteiger partial charge on any atom is -0.457 e. The number of nitrogens with zero attached hydrogens (tertiary/aromatic N) is 7. The van der Waals surface area contributed by atoms with Crippen molar-refractivity contribution in [3.8, 4) is 11.5 Å². The van der Waals surface area contributed by atoms with Crippen LogP contribution in [-0.2, 0) is 6.54 Å². The number of aryl methyl sites for hydroxylation is 1. The van der Waals surface area contributed by atoms with Gasteiger partial charge in [0.25, 0.3) is 0 Å². The molecule has 7 rings (SSSR count). The van der Waals surface area contributed by atoms with Crippen molar-refractivity contribution in [1.29, 1.82) is 0 Å². The van der Waals surface area contributed by atoms with E-state index in [9.17, 15) is 0 Å². The largest absolute Gasteiger partial charge is 0.457 e. The number of aromatic nitrogens is 6. The van der Waals surface area contributed by atoms with Crippen molar-refractivity contribution in [1.82, 2.24) is 34.1 Å². The molecular formula is C27H29N9O. The minimum absolute atomic E-state index is 0.334. The van der Waals surface area contributed by atoms with Crippen LogP contribution in [0.15, 0.2) is 61.4 Å². The topological polar surface area (TPSA) is 111 Å². The van der Waals surface area contributed by atoms with Gasteiger partial charge in [0.2, 0.25) is 0 Å². The highest BCUT2D eigenvalue weighted by Gasteiger charge is 2.39. The average Bonchev–Trinajstić information content (AvgIpc) is 3.58. The van der Waals surface area contributed by atoms with Crippen LogP contribution in [0.4, 0.5) is 11.5 Å². The lowest BCUT2D eigenvalue weighted by atomic mass is 9.97. The van der Waals surface area contributed by atoms with Crippen molar-refractivity contribution in [2.24, 2.45) is 5.73 Å². The number of nitrogens with one attached hydrogen (secondary N) is 1. The van der Waals surface area contributed by atoms with Crippen molar-refractivity contribution in [2.75, 3.05) is 5.32 Å². The Bertz CT molecular complexity index is 1580. The molecule has 3 N–H and O–H groups in total. The van der Waals surface area contributed by atoms with Gasteiger partial charge < -0.3 is 15.8 Å². The zero-order valence-electron chi connectivity index (χ0n) is 20.7. The van der Waals surface area contributed by atoms with Crippen LogP contribution < -0.4 is 15.8 Å². The van der Waals surface area contributed by atoms with Crippen LogP contribution in [-0.4, -0.2) is 52.2 Å². The molecule has 2 fully saturated rings. The molecule has 0 saturated carbocycles. The second-order valence-corrected chi connectivity index (χ2v) is 10.2. The summed E-state index contributed by atoms with van der Waals surface area (Å²) in [4.78, 5) is 11.5. The number of anilines is 2. The second kappa shape index (κ2) is 8.82. The lowest BCUT2D eigenvalue weighted by Crippen LogP contribution is -2.46. The molecule has 0 amide bonds. The van der Waals surface area contributed by atoms with Crippen LogP contribution in [0.3, 0.4) is 0 Å². The lowest BCUT2D eigenvalue weighted by Gasteiger charge is -2.37. The first kappa shape index (κ1) is 22.2. The Morgan fingerprint density at radius 1 is 0.973 bits per heavy atom. The molecule has 4 aromatic heterocycles. The third kappa shape index (κ3) is 4.08. The minimum atomic E-state index is 0.334. The van der Waals surface area contributed by atoms with Gasteiger partial charge in [-0.25, -0.2) is 19.0 Å². The van der Waals surface area contributed by atoms with Crippen molar-refractivity contribution >= 4 is 22.7 Å². The third-order valence-electron chi connectivity index (χ3n) is 7.73. The highest BCUT2D eigenvalue weighted by molar-refractivity contribution is 5.76. The quantitative estimate of drug-likeness (QED) is 0.363. The van der Waals surface area contributed by atoms with Gasteiger partial charge in [-0.1, -0.05) is 0 Å². The standard InChI is InChI=1S/C27H29N9O/c1-17-10-20(2-5-24(17)37-23-7-9-35-25(13-23)29-15-31-35)33-27-26-18(6-8-36(26)32-16-30-27)14-34-21-3-4-22(34)12-19(28)11-21/h2,5-10,13,15-16,19,21-22H,3-4,11-12,14,28H2,1H3,(H,30,32,33)/t19-,21-,22?/m0/s1. The molecule has 2 saturated heterocycles. The van der Waals surface area contributed by atoms with Crippen LogP contribution in [0.1, 0.15) is 36.8 Å². The normalized spacial score (nSPS) is 21.6. The van der Waals surface area contributed by atoms with E-state index in [2.05, 4.69) is 42.5 Å². The van der Waals surface area contributed by atoms with Crippen molar-refractivity contribution in [3.63, 3.8) is 0 Å². The first-order chi connectivity index (χ1) is 18.1. The summed E-state index contributed by atoms with van der Waals surface area (Å²) in [7, 11) is 0. The maximum atomic E-state index is 6.30. The van der Waals surface area contributed by atoms with Crippen LogP contribution in [0, 0.1) is 6.92 Å². The van der Waals surface area contributed by atoms with E-state index < -0.39 is 0 Å². The molecule has 2 bridgehead atoms. The summed E-state index contributed by atoms with van der Waals surface area (Å²) < 4.78 is 9.75. The number of pyridine rings is 1. The number of ether oxygens (including phenoxy) is 1. The predicted octanol–water partition coefficient (Wildman–Crippen LogP) is 4.07. The summed E-state index contributed by atoms with van der Waals surface area (Å²) in [6, 6.07) is 13.4. The number of nitrogens with two attached hydrogens (primary N) is 1. The van der Waals surface area contributed by atoms with Gasteiger partial charge in [0.15, 0.2) is 11.5 Å². The zero-order valence-corrected chi connectivity index (χ0v) is 20.7. The number of fused-ring (bicyclic) bond motifs is 4. The summed E-state index contributed by atoms with van der Waals surface area (Å²) in [5.74, 6) is 2.29. The monoisotopic (exact) mass is 495 g/mol. The van der Waals surface area contributed by atoms with Gasteiger partial charge in [-0.05, 0) is 74.1 Å². The summed E-state index contributed by atoms with van der Waals surface area (Å²) >= 11 is 0. The molecule has 37 heavy (non-hydrogen) atoms. The number of rotatable bonds is 6. The van der Waals surface area contributed by atoms with E-state index >= 15 is 0 Å². The number of hydrogen-bond donors (Lipinski definition) is 2. The molecule has 10 heteroatoms. The SMILES string of the molecule is Cc1cc(Nc2ncnn3ccc(CN4C5CC[C@H]4C[C@H](N)C5)c23)ccc1Oc1ccn2ncnc2c1. The van der Waals surface area contributed by atoms with Crippen LogP contribution in [0.5, 0.6) is 11.5 Å². The number of hydrogen-bond acceptors (Lipinski definition) is 8. The van der Waals surface area contributed by atoms with Gasteiger partial charge in [-0.2, -0.15) is 10.2 Å². The Hall–Kier alpha value is -4.02. The molecule has 1 aromatic carbocycles. The summed E-state index contributed by atoms with van der Waals surface area (Å²) in [6.07, 6.45) is 11.6. The summed E-state index contributed by atoms with van der Waals surface area (Å²) in [6.45, 7) is 2.92. The number of piperidine rings is 1. The Balaban J connectivity index is 1.13. The predicted molar refractivity (Wildman–Crippen MR) is 140 cm³/mol. The molecule has 3 atom stereocenters. The second-order valence-electron chi connectivity index (χ2n) is 10.2. The Kier molecular flexibility index (Phi) is 5.29. The van der Waals surface area contributed by atoms with Gasteiger partial charge in [-0.15, -0.1) is 0 Å². The Labute approximate surface area is 214 Å². The van der Waals surface area contributed by atoms with Crippen molar-refractivity contribution < 1.29 is 4.74 Å². The van der Waals surface area contributed by atoms with E-state index in [0.29, 0.717) is 23.9 Å². The lowest BCUT2D eigenvalue weighted by molar-refractivity contribution is 0.120. The Morgan fingerprint density at radius 3 is 2.59 bits per heavy atom. The fourth-order valence-corrected chi connectivity index (χ4v) is 5.97. The third-order valence-corrected chi connectivity index (χ3v) is 7.73. The molecule has 2 aliphatic heterocycles. The van der Waals surface area contributed by atoms with E-state index in [1.807, 2.05) is 48.1 Å². The van der Waals surface area contributed by atoms with Gasteiger partial charge in [0, 0.05) is 48.8 Å². The molecule has 0 spiro atoms. The van der Waals surface area contributed by atoms with E-state index in [0.717, 1.165) is 53.4 Å². The number of benzene rings is 1. The fraction of sp³-hybridized carbons (Fsp3) is 0.333. The molecule has 1 unspecified atom stereocenters. The highest BCUT2D eigenvalue weighted by atomic mass is 16.5. The smallest absolute Gasteiger partial charge is 0.158 e. The molecule has 188 valence electrons. The van der Waals surface area contributed by atoms with Crippen molar-refractivity contribution in [2.45, 2.75) is 57.3 Å². The molecule has 0 aliphatic carbocycles. The van der Waals surface area contributed by atoms with E-state index in [-0.39, 0.29) is 0 Å². The van der Waals surface area contributed by atoms with E-state index in [1.54, 1.807) is 10.8 Å².